The van der Waals surface area contributed by atoms with Crippen LogP contribution in [0.15, 0.2) is 48.5 Å². The molecule has 196 valence electrons. The lowest BCUT2D eigenvalue weighted by atomic mass is 9.80. The van der Waals surface area contributed by atoms with Gasteiger partial charge in [0.2, 0.25) is 11.8 Å². The number of carbonyl (C=O) groups is 3. The summed E-state index contributed by atoms with van der Waals surface area (Å²) in [6.07, 6.45) is 0.506. The Balaban J connectivity index is 1.48. The van der Waals surface area contributed by atoms with E-state index in [2.05, 4.69) is 16.4 Å². The summed E-state index contributed by atoms with van der Waals surface area (Å²) in [6, 6.07) is 13.8. The number of amides is 3. The Labute approximate surface area is 220 Å². The fourth-order valence-corrected chi connectivity index (χ4v) is 5.71. The predicted octanol–water partition coefficient (Wildman–Crippen LogP) is 4.20. The molecule has 38 heavy (non-hydrogen) atoms. The highest BCUT2D eigenvalue weighted by atomic mass is 19.1. The second-order valence-corrected chi connectivity index (χ2v) is 11.5. The molecule has 0 unspecified atom stereocenters. The van der Waals surface area contributed by atoms with Gasteiger partial charge < -0.3 is 20.1 Å². The number of nitrogens with one attached hydrogen (secondary N) is 2. The molecular weight excluding hydrogens is 485 g/mol. The van der Waals surface area contributed by atoms with Gasteiger partial charge in [-0.05, 0) is 41.7 Å². The maximum atomic E-state index is 14.3. The van der Waals surface area contributed by atoms with Crippen molar-refractivity contribution in [2.45, 2.75) is 51.1 Å². The maximum Gasteiger partial charge on any atom is 0.270 e. The van der Waals surface area contributed by atoms with Gasteiger partial charge in [-0.3, -0.25) is 14.4 Å². The highest BCUT2D eigenvalue weighted by Crippen LogP contribution is 2.46. The summed E-state index contributed by atoms with van der Waals surface area (Å²) < 4.78 is 14.3. The summed E-state index contributed by atoms with van der Waals surface area (Å²) in [7, 11) is 1.54. The molecule has 1 saturated heterocycles. The zero-order chi connectivity index (χ0) is 27.4. The Kier molecular flexibility index (Phi) is 6.02. The van der Waals surface area contributed by atoms with Crippen LogP contribution in [0.1, 0.15) is 49.7 Å². The Morgan fingerprint density at radius 3 is 2.66 bits per heavy atom. The maximum absolute atomic E-state index is 14.3. The Bertz CT molecular complexity index is 1500. The highest BCUT2D eigenvalue weighted by Gasteiger charge is 2.56. The largest absolute Gasteiger partial charge is 0.350 e. The van der Waals surface area contributed by atoms with Gasteiger partial charge in [-0.1, -0.05) is 45.0 Å². The lowest BCUT2D eigenvalue weighted by Crippen LogP contribution is -2.52. The summed E-state index contributed by atoms with van der Waals surface area (Å²) in [4.78, 5) is 46.6. The molecule has 8 nitrogen and oxygen atoms in total. The van der Waals surface area contributed by atoms with E-state index in [-0.39, 0.29) is 30.0 Å². The van der Waals surface area contributed by atoms with Gasteiger partial charge in [0.1, 0.15) is 23.6 Å². The molecule has 1 fully saturated rings. The molecular formula is C29H30FN5O3. The smallest absolute Gasteiger partial charge is 0.270 e. The molecule has 3 heterocycles. The topological polar surface area (TPSA) is 109 Å². The number of rotatable bonds is 4. The van der Waals surface area contributed by atoms with E-state index < -0.39 is 35.1 Å². The van der Waals surface area contributed by atoms with E-state index in [4.69, 9.17) is 0 Å². The summed E-state index contributed by atoms with van der Waals surface area (Å²) in [5.74, 6) is -1.53. The minimum Gasteiger partial charge on any atom is -0.350 e. The number of aromatic amines is 1. The van der Waals surface area contributed by atoms with Crippen LogP contribution in [0, 0.1) is 22.6 Å². The van der Waals surface area contributed by atoms with Crippen molar-refractivity contribution in [3.8, 4) is 6.07 Å². The van der Waals surface area contributed by atoms with Gasteiger partial charge in [0, 0.05) is 36.6 Å². The molecule has 3 atom stereocenters. The Morgan fingerprint density at radius 1 is 1.24 bits per heavy atom. The van der Waals surface area contributed by atoms with Gasteiger partial charge in [-0.25, -0.2) is 4.39 Å². The number of benzene rings is 2. The molecule has 5 rings (SSSR count). The first kappa shape index (κ1) is 25.5. The average Bonchev–Trinajstić information content (AvgIpc) is 3.56. The number of anilines is 1. The first-order valence-corrected chi connectivity index (χ1v) is 12.6. The quantitative estimate of drug-likeness (QED) is 0.543. The van der Waals surface area contributed by atoms with Crippen LogP contribution in [0.3, 0.4) is 0 Å². The summed E-state index contributed by atoms with van der Waals surface area (Å²) in [5.41, 5.74) is 0.759. The SMILES string of the molecule is CN(C(=O)c1cc2c(F)cccc2[nH]1)[C@@H](CC(C)(C)C)C(=O)N1C[C@]2(C[C@H]1C#N)C(=O)Nc1ccccc12. The van der Waals surface area contributed by atoms with Crippen molar-refractivity contribution in [3.05, 3.63) is 65.6 Å². The minimum absolute atomic E-state index is 0.0488. The molecule has 1 spiro atoms. The molecule has 9 heteroatoms. The summed E-state index contributed by atoms with van der Waals surface area (Å²) in [5, 5.41) is 13.2. The number of likely N-dealkylation sites (N-methyl/N-ethyl adjacent to an activating group) is 1. The van der Waals surface area contributed by atoms with Gasteiger partial charge >= 0.3 is 0 Å². The first-order valence-electron chi connectivity index (χ1n) is 12.6. The zero-order valence-electron chi connectivity index (χ0n) is 21.8. The third-order valence-corrected chi connectivity index (χ3v) is 7.64. The monoisotopic (exact) mass is 515 g/mol. The van der Waals surface area contributed by atoms with Crippen molar-refractivity contribution in [2.75, 3.05) is 18.9 Å². The molecule has 0 radical (unpaired) electrons. The molecule has 1 aromatic heterocycles. The number of halogens is 1. The van der Waals surface area contributed by atoms with Crippen molar-refractivity contribution >= 4 is 34.3 Å². The number of aromatic nitrogens is 1. The van der Waals surface area contributed by atoms with Crippen molar-refractivity contribution in [1.82, 2.24) is 14.8 Å². The summed E-state index contributed by atoms with van der Waals surface area (Å²) in [6.45, 7) is 5.96. The molecule has 2 aromatic carbocycles. The molecule has 2 N–H and O–H groups in total. The second kappa shape index (κ2) is 8.98. The molecule has 0 saturated carbocycles. The van der Waals surface area contributed by atoms with Crippen LogP contribution < -0.4 is 5.32 Å². The molecule has 3 aromatic rings. The zero-order valence-corrected chi connectivity index (χ0v) is 21.8. The van der Waals surface area contributed by atoms with Gasteiger partial charge in [0.25, 0.3) is 5.91 Å². The number of H-pyrrole nitrogens is 1. The second-order valence-electron chi connectivity index (χ2n) is 11.5. The summed E-state index contributed by atoms with van der Waals surface area (Å²) >= 11 is 0. The van der Waals surface area contributed by atoms with Crippen LogP contribution in [0.2, 0.25) is 0 Å². The number of likely N-dealkylation sites (tertiary alicyclic amines) is 1. The Hall–Kier alpha value is -4.19. The van der Waals surface area contributed by atoms with Crippen LogP contribution in [0.25, 0.3) is 10.9 Å². The van der Waals surface area contributed by atoms with E-state index in [0.717, 1.165) is 5.56 Å². The van der Waals surface area contributed by atoms with E-state index in [9.17, 15) is 24.0 Å². The van der Waals surface area contributed by atoms with E-state index in [0.29, 0.717) is 23.0 Å². The standard InChI is InChI=1S/C29H30FN5O3/c1-28(2,3)14-24(34(4)25(36)23-12-18-20(30)9-7-11-21(18)32-23)26(37)35-16-29(13-17(35)15-31)19-8-5-6-10-22(19)33-27(29)38/h5-12,17,24,32H,13-14,16H2,1-4H3,(H,33,38)/t17-,24-,29-/m0/s1. The Morgan fingerprint density at radius 2 is 1.97 bits per heavy atom. The van der Waals surface area contributed by atoms with E-state index in [1.807, 2.05) is 45.0 Å². The lowest BCUT2D eigenvalue weighted by molar-refractivity contribution is -0.137. The molecule has 2 aliphatic rings. The number of fused-ring (bicyclic) bond motifs is 3. The van der Waals surface area contributed by atoms with Crippen molar-refractivity contribution < 1.29 is 18.8 Å². The normalized spacial score (nSPS) is 21.3. The third kappa shape index (κ3) is 4.10. The molecule has 3 amide bonds. The van der Waals surface area contributed by atoms with Gasteiger partial charge in [-0.2, -0.15) is 5.26 Å². The number of carbonyl (C=O) groups excluding carboxylic acids is 3. The van der Waals surface area contributed by atoms with Gasteiger partial charge in [0.15, 0.2) is 0 Å². The number of nitrogens with zero attached hydrogens (tertiary/aromatic N) is 3. The van der Waals surface area contributed by atoms with Crippen LogP contribution in [-0.4, -0.2) is 58.2 Å². The number of para-hydroxylation sites is 1. The lowest BCUT2D eigenvalue weighted by Gasteiger charge is -2.35. The van der Waals surface area contributed by atoms with E-state index >= 15 is 0 Å². The fraction of sp³-hybridized carbons (Fsp3) is 0.379. The van der Waals surface area contributed by atoms with Gasteiger partial charge in [-0.15, -0.1) is 0 Å². The van der Waals surface area contributed by atoms with Crippen molar-refractivity contribution in [2.24, 2.45) is 5.41 Å². The van der Waals surface area contributed by atoms with E-state index in [1.54, 1.807) is 19.2 Å². The van der Waals surface area contributed by atoms with Crippen molar-refractivity contribution in [1.29, 1.82) is 5.26 Å². The van der Waals surface area contributed by atoms with Crippen molar-refractivity contribution in [3.63, 3.8) is 0 Å². The number of hydrogen-bond acceptors (Lipinski definition) is 4. The van der Waals surface area contributed by atoms with Crippen LogP contribution in [0.4, 0.5) is 10.1 Å². The van der Waals surface area contributed by atoms with Crippen LogP contribution in [0.5, 0.6) is 0 Å². The van der Waals surface area contributed by atoms with Gasteiger partial charge in [0.05, 0.1) is 11.5 Å². The number of nitriles is 1. The molecule has 2 aliphatic heterocycles. The third-order valence-electron chi connectivity index (χ3n) is 7.64. The first-order chi connectivity index (χ1) is 17.9. The molecule has 0 bridgehead atoms. The average molecular weight is 516 g/mol. The van der Waals surface area contributed by atoms with E-state index in [1.165, 1.54) is 21.9 Å². The fourth-order valence-electron chi connectivity index (χ4n) is 5.71. The van der Waals surface area contributed by atoms with Crippen LogP contribution in [-0.2, 0) is 15.0 Å². The minimum atomic E-state index is -1.02. The molecule has 0 aliphatic carbocycles. The highest BCUT2D eigenvalue weighted by molar-refractivity contribution is 6.07. The number of hydrogen-bond donors (Lipinski definition) is 2. The van der Waals surface area contributed by atoms with Crippen LogP contribution >= 0.6 is 0 Å². The predicted molar refractivity (Wildman–Crippen MR) is 141 cm³/mol.